The van der Waals surface area contributed by atoms with Gasteiger partial charge in [-0.15, -0.1) is 0 Å². The second-order valence-corrected chi connectivity index (χ2v) is 5.81. The second-order valence-electron chi connectivity index (χ2n) is 5.81. The molecule has 0 saturated heterocycles. The lowest BCUT2D eigenvalue weighted by Crippen LogP contribution is -2.39. The first-order valence-corrected chi connectivity index (χ1v) is 8.09. The van der Waals surface area contributed by atoms with E-state index in [1.165, 1.54) is 16.7 Å². The summed E-state index contributed by atoms with van der Waals surface area (Å²) in [6.45, 7) is 1.07. The van der Waals surface area contributed by atoms with E-state index < -0.39 is 24.1 Å². The van der Waals surface area contributed by atoms with E-state index in [0.717, 1.165) is 13.0 Å². The topological polar surface area (TPSA) is 127 Å². The molecule has 0 spiro atoms. The third-order valence-corrected chi connectivity index (χ3v) is 4.05. The van der Waals surface area contributed by atoms with E-state index in [4.69, 9.17) is 20.4 Å². The lowest BCUT2D eigenvalue weighted by molar-refractivity contribution is -0.165. The SMILES string of the molecule is O=C(O)[C@@H](O)[C@H](O)C(=O)O.c1ccc([C@@H]2NCCc3ccccc32)cc1. The fourth-order valence-corrected chi connectivity index (χ4v) is 2.72. The van der Waals surface area contributed by atoms with E-state index in [9.17, 15) is 9.59 Å². The zero-order valence-electron chi connectivity index (χ0n) is 13.9. The van der Waals surface area contributed by atoms with Crippen molar-refractivity contribution in [2.24, 2.45) is 0 Å². The molecule has 0 unspecified atom stereocenters. The van der Waals surface area contributed by atoms with E-state index in [0.29, 0.717) is 6.04 Å². The maximum absolute atomic E-state index is 9.77. The zero-order valence-corrected chi connectivity index (χ0v) is 13.9. The summed E-state index contributed by atoms with van der Waals surface area (Å²) < 4.78 is 0. The minimum Gasteiger partial charge on any atom is -0.479 e. The van der Waals surface area contributed by atoms with Crippen LogP contribution in [0.4, 0.5) is 0 Å². The van der Waals surface area contributed by atoms with E-state index in [1.54, 1.807) is 0 Å². The Kier molecular flexibility index (Phi) is 6.85. The average Bonchev–Trinajstić information content (AvgIpc) is 2.67. The highest BCUT2D eigenvalue weighted by Crippen LogP contribution is 2.28. The van der Waals surface area contributed by atoms with Crippen LogP contribution in [0, 0.1) is 0 Å². The normalized spacial score (nSPS) is 17.8. The van der Waals surface area contributed by atoms with Crippen molar-refractivity contribution in [1.82, 2.24) is 5.32 Å². The third kappa shape index (κ3) is 4.89. The lowest BCUT2D eigenvalue weighted by atomic mass is 9.90. The maximum Gasteiger partial charge on any atom is 0.335 e. The number of hydrogen-bond donors (Lipinski definition) is 5. The summed E-state index contributed by atoms with van der Waals surface area (Å²) in [5.74, 6) is -3.54. The number of carboxylic acids is 2. The van der Waals surface area contributed by atoms with Gasteiger partial charge in [-0.2, -0.15) is 0 Å². The predicted molar refractivity (Wildman–Crippen MR) is 93.7 cm³/mol. The first-order chi connectivity index (χ1) is 12.4. The Labute approximate surface area is 150 Å². The average molecular weight is 359 g/mol. The second kappa shape index (κ2) is 9.10. The number of carbonyl (C=O) groups is 2. The molecule has 0 saturated carbocycles. The van der Waals surface area contributed by atoms with Crippen molar-refractivity contribution in [2.75, 3.05) is 6.54 Å². The highest BCUT2D eigenvalue weighted by atomic mass is 16.4. The zero-order chi connectivity index (χ0) is 19.1. The molecule has 26 heavy (non-hydrogen) atoms. The van der Waals surface area contributed by atoms with Gasteiger partial charge >= 0.3 is 11.9 Å². The Morgan fingerprint density at radius 2 is 1.42 bits per heavy atom. The smallest absolute Gasteiger partial charge is 0.335 e. The molecule has 0 aromatic heterocycles. The standard InChI is InChI=1S/C15H15N.C4H6O6/c1-2-7-13(8-3-1)15-14-9-5-4-6-12(14)10-11-16-15;5-1(3(7)8)2(6)4(9)10/h1-9,15-16H,10-11H2;1-2,5-6H,(H,7,8)(H,9,10)/t15-;1-,2-/m00/s1. The quantitative estimate of drug-likeness (QED) is 0.546. The molecule has 5 N–H and O–H groups in total. The molecule has 0 amide bonds. The van der Waals surface area contributed by atoms with Crippen molar-refractivity contribution in [3.05, 3.63) is 71.3 Å². The molecule has 2 aromatic carbocycles. The number of aliphatic hydroxyl groups excluding tert-OH is 2. The number of aliphatic carboxylic acids is 2. The molecule has 1 aliphatic heterocycles. The molecular formula is C19H21NO6. The van der Waals surface area contributed by atoms with Gasteiger partial charge in [-0.3, -0.25) is 0 Å². The Balaban J connectivity index is 0.000000213. The van der Waals surface area contributed by atoms with Crippen LogP contribution in [0.25, 0.3) is 0 Å². The van der Waals surface area contributed by atoms with Crippen molar-refractivity contribution in [3.63, 3.8) is 0 Å². The van der Waals surface area contributed by atoms with E-state index in [1.807, 2.05) is 0 Å². The molecule has 1 aliphatic rings. The molecular weight excluding hydrogens is 338 g/mol. The number of fused-ring (bicyclic) bond motifs is 1. The van der Waals surface area contributed by atoms with Crippen LogP contribution in [0.2, 0.25) is 0 Å². The monoisotopic (exact) mass is 359 g/mol. The minimum absolute atomic E-state index is 0.367. The largest absolute Gasteiger partial charge is 0.479 e. The van der Waals surface area contributed by atoms with Gasteiger partial charge in [0.1, 0.15) is 0 Å². The number of nitrogens with one attached hydrogen (secondary N) is 1. The van der Waals surface area contributed by atoms with Gasteiger partial charge in [0.2, 0.25) is 0 Å². The van der Waals surface area contributed by atoms with E-state index >= 15 is 0 Å². The van der Waals surface area contributed by atoms with Gasteiger partial charge in [0.25, 0.3) is 0 Å². The number of carboxylic acid groups (broad SMARTS) is 2. The van der Waals surface area contributed by atoms with Crippen LogP contribution in [0.15, 0.2) is 54.6 Å². The molecule has 138 valence electrons. The Bertz CT molecular complexity index is 731. The van der Waals surface area contributed by atoms with Crippen LogP contribution >= 0.6 is 0 Å². The number of hydrogen-bond acceptors (Lipinski definition) is 5. The van der Waals surface area contributed by atoms with Crippen LogP contribution in [-0.2, 0) is 16.0 Å². The van der Waals surface area contributed by atoms with Gasteiger partial charge in [-0.05, 0) is 23.1 Å². The molecule has 7 heteroatoms. The molecule has 3 rings (SSSR count). The summed E-state index contributed by atoms with van der Waals surface area (Å²) in [4.78, 5) is 19.5. The van der Waals surface area contributed by atoms with Crippen LogP contribution in [0.3, 0.4) is 0 Å². The van der Waals surface area contributed by atoms with Gasteiger partial charge in [0, 0.05) is 6.54 Å². The third-order valence-electron chi connectivity index (χ3n) is 4.05. The predicted octanol–water partition coefficient (Wildman–Crippen LogP) is 0.799. The lowest BCUT2D eigenvalue weighted by Gasteiger charge is -2.27. The van der Waals surface area contributed by atoms with Gasteiger partial charge in [0.05, 0.1) is 6.04 Å². The van der Waals surface area contributed by atoms with Crippen molar-refractivity contribution in [1.29, 1.82) is 0 Å². The number of aliphatic hydroxyl groups is 2. The van der Waals surface area contributed by atoms with Crippen molar-refractivity contribution in [3.8, 4) is 0 Å². The first kappa shape index (κ1) is 19.6. The summed E-state index contributed by atoms with van der Waals surface area (Å²) in [7, 11) is 0. The van der Waals surface area contributed by atoms with Crippen molar-refractivity contribution < 1.29 is 30.0 Å². The van der Waals surface area contributed by atoms with Gasteiger partial charge in [-0.1, -0.05) is 54.6 Å². The van der Waals surface area contributed by atoms with Crippen LogP contribution in [0.5, 0.6) is 0 Å². The van der Waals surface area contributed by atoms with Crippen LogP contribution in [-0.4, -0.2) is 51.1 Å². The fraction of sp³-hybridized carbons (Fsp3) is 0.263. The van der Waals surface area contributed by atoms with Gasteiger partial charge in [0.15, 0.2) is 12.2 Å². The van der Waals surface area contributed by atoms with Gasteiger partial charge < -0.3 is 25.7 Å². The fourth-order valence-electron chi connectivity index (χ4n) is 2.72. The molecule has 0 fully saturated rings. The molecule has 1 heterocycles. The Hall–Kier alpha value is -2.74. The van der Waals surface area contributed by atoms with E-state index in [2.05, 4.69) is 59.9 Å². The number of rotatable bonds is 4. The highest BCUT2D eigenvalue weighted by Gasteiger charge is 2.29. The molecule has 3 atom stereocenters. The molecule has 0 radical (unpaired) electrons. The molecule has 2 aromatic rings. The molecule has 0 aliphatic carbocycles. The first-order valence-electron chi connectivity index (χ1n) is 8.09. The molecule has 7 nitrogen and oxygen atoms in total. The summed E-state index contributed by atoms with van der Waals surface area (Å²) >= 11 is 0. The highest BCUT2D eigenvalue weighted by molar-refractivity contribution is 5.83. The number of benzene rings is 2. The van der Waals surface area contributed by atoms with Gasteiger partial charge in [-0.25, -0.2) is 9.59 Å². The molecule has 0 bridgehead atoms. The van der Waals surface area contributed by atoms with Crippen LogP contribution < -0.4 is 5.32 Å². The summed E-state index contributed by atoms with van der Waals surface area (Å²) in [5, 5.41) is 36.1. The maximum atomic E-state index is 9.77. The Morgan fingerprint density at radius 3 is 2.00 bits per heavy atom. The van der Waals surface area contributed by atoms with Crippen molar-refractivity contribution >= 4 is 11.9 Å². The summed E-state index contributed by atoms with van der Waals surface area (Å²) in [5.41, 5.74) is 4.27. The van der Waals surface area contributed by atoms with E-state index in [-0.39, 0.29) is 0 Å². The summed E-state index contributed by atoms with van der Waals surface area (Å²) in [6.07, 6.45) is -3.39. The minimum atomic E-state index is -2.27. The van der Waals surface area contributed by atoms with Crippen molar-refractivity contribution in [2.45, 2.75) is 24.7 Å². The Morgan fingerprint density at radius 1 is 0.885 bits per heavy atom. The van der Waals surface area contributed by atoms with Crippen LogP contribution in [0.1, 0.15) is 22.7 Å². The summed E-state index contributed by atoms with van der Waals surface area (Å²) in [6, 6.07) is 19.8.